The molecule has 1 amide bonds. The van der Waals surface area contributed by atoms with Gasteiger partial charge >= 0.3 is 0 Å². The predicted octanol–water partition coefficient (Wildman–Crippen LogP) is 4.76. The fourth-order valence-electron chi connectivity index (χ4n) is 3.25. The molecule has 0 bridgehead atoms. The summed E-state index contributed by atoms with van der Waals surface area (Å²) < 4.78 is 1.59. The second-order valence-electron chi connectivity index (χ2n) is 7.00. The largest absolute Gasteiger partial charge is 0.351 e. The van der Waals surface area contributed by atoms with Gasteiger partial charge in [0, 0.05) is 11.6 Å². The van der Waals surface area contributed by atoms with Crippen molar-refractivity contribution in [1.82, 2.24) is 14.9 Å². The zero-order valence-electron chi connectivity index (χ0n) is 16.8. The molecule has 5 nitrogen and oxygen atoms in total. The second kappa shape index (κ2) is 9.37. The summed E-state index contributed by atoms with van der Waals surface area (Å²) in [5, 5.41) is 4.50. The Hall–Kier alpha value is -3.09. The molecule has 3 aromatic carbocycles. The molecule has 0 radical (unpaired) electrons. The molecule has 4 aromatic rings. The third-order valence-corrected chi connectivity index (χ3v) is 6.17. The minimum Gasteiger partial charge on any atom is -0.351 e. The number of aryl methyl sites for hydroxylation is 1. The number of nitrogens with one attached hydrogen (secondary N) is 1. The third-order valence-electron chi connectivity index (χ3n) is 4.87. The SMILES string of the molecule is Cc1ccccc1-n1c(SCC(=O)NCc2ccccc2Cl)nc2ccccc2c1=O. The molecule has 0 aliphatic rings. The maximum absolute atomic E-state index is 13.3. The minimum absolute atomic E-state index is 0.126. The van der Waals surface area contributed by atoms with E-state index in [0.29, 0.717) is 27.6 Å². The van der Waals surface area contributed by atoms with Gasteiger partial charge in [0.25, 0.3) is 5.56 Å². The number of rotatable bonds is 6. The van der Waals surface area contributed by atoms with Crippen LogP contribution < -0.4 is 10.9 Å². The number of nitrogens with zero attached hydrogens (tertiary/aromatic N) is 2. The number of halogens is 1. The lowest BCUT2D eigenvalue weighted by atomic mass is 10.2. The van der Waals surface area contributed by atoms with Crippen LogP contribution in [0.3, 0.4) is 0 Å². The highest BCUT2D eigenvalue weighted by molar-refractivity contribution is 7.99. The lowest BCUT2D eigenvalue weighted by molar-refractivity contribution is -0.118. The Morgan fingerprint density at radius 3 is 2.55 bits per heavy atom. The van der Waals surface area contributed by atoms with E-state index in [4.69, 9.17) is 11.6 Å². The van der Waals surface area contributed by atoms with Crippen LogP contribution in [0.2, 0.25) is 5.02 Å². The quantitative estimate of drug-likeness (QED) is 0.340. The van der Waals surface area contributed by atoms with Crippen molar-refractivity contribution in [2.45, 2.75) is 18.6 Å². The number of hydrogen-bond acceptors (Lipinski definition) is 4. The molecule has 156 valence electrons. The molecule has 1 aromatic heterocycles. The summed E-state index contributed by atoms with van der Waals surface area (Å²) in [6, 6.07) is 22.3. The average molecular weight is 450 g/mol. The van der Waals surface area contributed by atoms with Crippen molar-refractivity contribution in [3.8, 4) is 5.69 Å². The Morgan fingerprint density at radius 2 is 1.74 bits per heavy atom. The standard InChI is InChI=1S/C24H20ClN3O2S/c1-16-8-2-7-13-21(16)28-23(30)18-10-4-6-12-20(18)27-24(28)31-15-22(29)26-14-17-9-3-5-11-19(17)25/h2-13H,14-15H2,1H3,(H,26,29). The summed E-state index contributed by atoms with van der Waals surface area (Å²) in [6.45, 7) is 2.29. The van der Waals surface area contributed by atoms with Gasteiger partial charge in [0.2, 0.25) is 5.91 Å². The highest BCUT2D eigenvalue weighted by Crippen LogP contribution is 2.23. The monoisotopic (exact) mass is 449 g/mol. The van der Waals surface area contributed by atoms with Gasteiger partial charge in [-0.15, -0.1) is 0 Å². The fraction of sp³-hybridized carbons (Fsp3) is 0.125. The predicted molar refractivity (Wildman–Crippen MR) is 126 cm³/mol. The molecule has 0 unspecified atom stereocenters. The molecule has 0 fully saturated rings. The van der Waals surface area contributed by atoms with Crippen LogP contribution in [0.15, 0.2) is 82.7 Å². The van der Waals surface area contributed by atoms with Gasteiger partial charge in [-0.05, 0) is 42.3 Å². The maximum atomic E-state index is 13.3. The molecule has 31 heavy (non-hydrogen) atoms. The zero-order chi connectivity index (χ0) is 21.8. The van der Waals surface area contributed by atoms with Crippen molar-refractivity contribution < 1.29 is 4.79 Å². The van der Waals surface area contributed by atoms with E-state index in [2.05, 4.69) is 10.3 Å². The van der Waals surface area contributed by atoms with Crippen LogP contribution in [0, 0.1) is 6.92 Å². The summed E-state index contributed by atoms with van der Waals surface area (Å²) in [5.74, 6) is -0.0372. The molecular formula is C24H20ClN3O2S. The number of thioether (sulfide) groups is 1. The van der Waals surface area contributed by atoms with E-state index in [1.54, 1.807) is 22.8 Å². The number of hydrogen-bond donors (Lipinski definition) is 1. The number of carbonyl (C=O) groups excluding carboxylic acids is 1. The number of aromatic nitrogens is 2. The topological polar surface area (TPSA) is 64.0 Å². The molecule has 0 saturated carbocycles. The second-order valence-corrected chi connectivity index (χ2v) is 8.35. The van der Waals surface area contributed by atoms with Gasteiger partial charge in [-0.1, -0.05) is 71.9 Å². The number of amides is 1. The first-order valence-corrected chi connectivity index (χ1v) is 11.1. The summed E-state index contributed by atoms with van der Waals surface area (Å²) in [5.41, 5.74) is 3.01. The van der Waals surface area contributed by atoms with Crippen LogP contribution in [-0.2, 0) is 11.3 Å². The van der Waals surface area contributed by atoms with Gasteiger partial charge in [0.05, 0.1) is 22.3 Å². The van der Waals surface area contributed by atoms with Crippen molar-refractivity contribution in [3.63, 3.8) is 0 Å². The van der Waals surface area contributed by atoms with Crippen LogP contribution in [0.5, 0.6) is 0 Å². The van der Waals surface area contributed by atoms with Crippen LogP contribution in [0.1, 0.15) is 11.1 Å². The lowest BCUT2D eigenvalue weighted by Crippen LogP contribution is -2.26. The first-order chi connectivity index (χ1) is 15.0. The number of carbonyl (C=O) groups is 1. The van der Waals surface area contributed by atoms with Gasteiger partial charge in [-0.25, -0.2) is 4.98 Å². The van der Waals surface area contributed by atoms with E-state index in [1.165, 1.54) is 11.8 Å². The molecule has 0 aliphatic carbocycles. The molecule has 1 heterocycles. The number of para-hydroxylation sites is 2. The minimum atomic E-state index is -0.163. The Bertz CT molecular complexity index is 1320. The third kappa shape index (κ3) is 4.65. The van der Waals surface area contributed by atoms with Crippen molar-refractivity contribution in [2.24, 2.45) is 0 Å². The molecule has 7 heteroatoms. The smallest absolute Gasteiger partial charge is 0.266 e. The van der Waals surface area contributed by atoms with Gasteiger partial charge in [-0.2, -0.15) is 0 Å². The maximum Gasteiger partial charge on any atom is 0.266 e. The molecular weight excluding hydrogens is 430 g/mol. The van der Waals surface area contributed by atoms with E-state index in [1.807, 2.05) is 61.5 Å². The number of benzene rings is 3. The summed E-state index contributed by atoms with van der Waals surface area (Å²) in [7, 11) is 0. The Kier molecular flexibility index (Phi) is 6.39. The van der Waals surface area contributed by atoms with Gasteiger partial charge < -0.3 is 5.32 Å². The van der Waals surface area contributed by atoms with E-state index in [0.717, 1.165) is 16.8 Å². The van der Waals surface area contributed by atoms with E-state index < -0.39 is 0 Å². The fourth-order valence-corrected chi connectivity index (χ4v) is 4.29. The van der Waals surface area contributed by atoms with Crippen molar-refractivity contribution >= 4 is 40.2 Å². The Labute approximate surface area is 189 Å². The van der Waals surface area contributed by atoms with Crippen LogP contribution in [0.25, 0.3) is 16.6 Å². The highest BCUT2D eigenvalue weighted by atomic mass is 35.5. The Morgan fingerprint density at radius 1 is 1.03 bits per heavy atom. The highest BCUT2D eigenvalue weighted by Gasteiger charge is 2.16. The zero-order valence-corrected chi connectivity index (χ0v) is 18.4. The van der Waals surface area contributed by atoms with Crippen LogP contribution in [0.4, 0.5) is 0 Å². The van der Waals surface area contributed by atoms with Gasteiger partial charge in [0.1, 0.15) is 0 Å². The van der Waals surface area contributed by atoms with Crippen LogP contribution >= 0.6 is 23.4 Å². The normalized spacial score (nSPS) is 10.9. The van der Waals surface area contributed by atoms with E-state index in [9.17, 15) is 9.59 Å². The summed E-state index contributed by atoms with van der Waals surface area (Å²) in [6.07, 6.45) is 0. The van der Waals surface area contributed by atoms with Crippen LogP contribution in [-0.4, -0.2) is 21.2 Å². The Balaban J connectivity index is 1.61. The molecule has 1 N–H and O–H groups in total. The molecule has 0 spiro atoms. The first-order valence-electron chi connectivity index (χ1n) is 9.75. The average Bonchev–Trinajstić information content (AvgIpc) is 2.78. The van der Waals surface area contributed by atoms with Crippen molar-refractivity contribution in [2.75, 3.05) is 5.75 Å². The first kappa shape index (κ1) is 21.2. The molecule has 4 rings (SSSR count). The summed E-state index contributed by atoms with van der Waals surface area (Å²) >= 11 is 7.39. The van der Waals surface area contributed by atoms with Gasteiger partial charge in [-0.3, -0.25) is 14.2 Å². The van der Waals surface area contributed by atoms with E-state index in [-0.39, 0.29) is 17.2 Å². The molecule has 0 atom stereocenters. The van der Waals surface area contributed by atoms with Crippen molar-refractivity contribution in [3.05, 3.63) is 99.3 Å². The van der Waals surface area contributed by atoms with E-state index >= 15 is 0 Å². The summed E-state index contributed by atoms with van der Waals surface area (Å²) in [4.78, 5) is 30.4. The lowest BCUT2D eigenvalue weighted by Gasteiger charge is -2.15. The molecule has 0 aliphatic heterocycles. The molecule has 0 saturated heterocycles. The van der Waals surface area contributed by atoms with Gasteiger partial charge in [0.15, 0.2) is 5.16 Å². The van der Waals surface area contributed by atoms with Crippen molar-refractivity contribution in [1.29, 1.82) is 0 Å². The number of fused-ring (bicyclic) bond motifs is 1.